The Kier molecular flexibility index (Phi) is 3.92. The molecular weight excluding hydrogens is 246 g/mol. The topological polar surface area (TPSA) is 67.5 Å². The lowest BCUT2D eigenvalue weighted by molar-refractivity contribution is 0.296. The normalized spacial score (nSPS) is 11.1. The van der Waals surface area contributed by atoms with E-state index in [0.29, 0.717) is 10.7 Å². The van der Waals surface area contributed by atoms with Crippen LogP contribution in [0.5, 0.6) is 0 Å². The van der Waals surface area contributed by atoms with Crippen molar-refractivity contribution in [3.63, 3.8) is 0 Å². The zero-order valence-corrected chi connectivity index (χ0v) is 10.1. The van der Waals surface area contributed by atoms with Gasteiger partial charge in [0.2, 0.25) is 4.96 Å². The van der Waals surface area contributed by atoms with Crippen LogP contribution in [0, 0.1) is 0 Å². The van der Waals surface area contributed by atoms with Gasteiger partial charge in [-0.3, -0.25) is 4.79 Å². The summed E-state index contributed by atoms with van der Waals surface area (Å²) in [7, 11) is 0. The molecule has 1 N–H and O–H groups in total. The molecule has 0 saturated heterocycles. The van der Waals surface area contributed by atoms with Crippen molar-refractivity contribution in [3.8, 4) is 0 Å². The summed E-state index contributed by atoms with van der Waals surface area (Å²) < 4.78 is 1.30. The van der Waals surface area contributed by atoms with Crippen molar-refractivity contribution in [2.24, 2.45) is 0 Å². The van der Waals surface area contributed by atoms with Gasteiger partial charge >= 0.3 is 0 Å². The van der Waals surface area contributed by atoms with Crippen molar-refractivity contribution in [2.75, 3.05) is 12.4 Å². The van der Waals surface area contributed by atoms with E-state index < -0.39 is 0 Å². The number of aliphatic hydroxyl groups excluding tert-OH is 1. The van der Waals surface area contributed by atoms with Crippen LogP contribution < -0.4 is 5.56 Å². The van der Waals surface area contributed by atoms with Crippen molar-refractivity contribution < 1.29 is 5.11 Å². The number of thioether (sulfide) groups is 1. The fourth-order valence-electron chi connectivity index (χ4n) is 1.22. The highest BCUT2D eigenvalue weighted by Crippen LogP contribution is 2.11. The summed E-state index contributed by atoms with van der Waals surface area (Å²) in [5.74, 6) is 1.57. The molecule has 0 atom stereocenters. The number of hydrogen-bond acceptors (Lipinski definition) is 6. The van der Waals surface area contributed by atoms with Gasteiger partial charge in [0.1, 0.15) is 5.51 Å². The fraction of sp³-hybridized carbons (Fsp3) is 0.444. The number of aliphatic hydroxyl groups is 1. The highest BCUT2D eigenvalue weighted by atomic mass is 32.2. The van der Waals surface area contributed by atoms with Crippen molar-refractivity contribution in [2.45, 2.75) is 12.2 Å². The molecule has 2 rings (SSSR count). The van der Waals surface area contributed by atoms with Crippen molar-refractivity contribution >= 4 is 28.1 Å². The lowest BCUT2D eigenvalue weighted by Crippen LogP contribution is -2.14. The van der Waals surface area contributed by atoms with Crippen LogP contribution in [0.4, 0.5) is 0 Å². The molecular formula is C9H11N3O2S2. The van der Waals surface area contributed by atoms with Gasteiger partial charge < -0.3 is 5.11 Å². The molecule has 0 unspecified atom stereocenters. The summed E-state index contributed by atoms with van der Waals surface area (Å²) in [6.07, 6.45) is 0.770. The second-order valence-corrected chi connectivity index (χ2v) is 5.07. The van der Waals surface area contributed by atoms with E-state index in [-0.39, 0.29) is 12.2 Å². The van der Waals surface area contributed by atoms with Gasteiger partial charge in [-0.1, -0.05) is 11.3 Å². The first-order valence-electron chi connectivity index (χ1n) is 4.82. The summed E-state index contributed by atoms with van der Waals surface area (Å²) in [6.45, 7) is 0.205. The minimum Gasteiger partial charge on any atom is -0.396 e. The Hall–Kier alpha value is -0.920. The molecule has 0 bridgehead atoms. The van der Waals surface area contributed by atoms with Crippen molar-refractivity contribution in [1.82, 2.24) is 14.6 Å². The van der Waals surface area contributed by atoms with Crippen LogP contribution in [0.25, 0.3) is 4.96 Å². The second kappa shape index (κ2) is 5.42. The third-order valence-electron chi connectivity index (χ3n) is 1.94. The molecule has 2 aromatic heterocycles. The lowest BCUT2D eigenvalue weighted by Gasteiger charge is -1.99. The van der Waals surface area contributed by atoms with E-state index in [1.165, 1.54) is 21.9 Å². The maximum Gasteiger partial charge on any atom is 0.275 e. The first kappa shape index (κ1) is 11.6. The van der Waals surface area contributed by atoms with E-state index in [2.05, 4.69) is 10.1 Å². The molecule has 0 fully saturated rings. The van der Waals surface area contributed by atoms with Crippen molar-refractivity contribution in [1.29, 1.82) is 0 Å². The zero-order chi connectivity index (χ0) is 11.4. The molecule has 2 aromatic rings. The Balaban J connectivity index is 2.10. The maximum atomic E-state index is 11.6. The lowest BCUT2D eigenvalue weighted by atomic mass is 10.4. The van der Waals surface area contributed by atoms with E-state index in [0.717, 1.165) is 17.9 Å². The predicted octanol–water partition coefficient (Wildman–Crippen LogP) is 0.767. The SMILES string of the molecule is O=c1cc(CSCCCO)nc2scnn12. The quantitative estimate of drug-likeness (QED) is 0.801. The largest absolute Gasteiger partial charge is 0.396 e. The molecule has 0 aromatic carbocycles. The number of rotatable bonds is 5. The highest BCUT2D eigenvalue weighted by molar-refractivity contribution is 7.98. The molecule has 0 aliphatic heterocycles. The van der Waals surface area contributed by atoms with Gasteiger partial charge in [-0.2, -0.15) is 21.4 Å². The molecule has 7 heteroatoms. The Morgan fingerprint density at radius 2 is 2.44 bits per heavy atom. The van der Waals surface area contributed by atoms with Crippen LogP contribution in [0.3, 0.4) is 0 Å². The van der Waals surface area contributed by atoms with Gasteiger partial charge in [0, 0.05) is 18.4 Å². The maximum absolute atomic E-state index is 11.6. The summed E-state index contributed by atoms with van der Waals surface area (Å²) in [6, 6.07) is 1.51. The predicted molar refractivity (Wildman–Crippen MR) is 65.0 cm³/mol. The molecule has 0 aliphatic rings. The molecule has 2 heterocycles. The van der Waals surface area contributed by atoms with Gasteiger partial charge in [0.15, 0.2) is 0 Å². The summed E-state index contributed by atoms with van der Waals surface area (Å²) in [4.78, 5) is 16.5. The summed E-state index contributed by atoms with van der Waals surface area (Å²) in [5.41, 5.74) is 2.24. The molecule has 0 aliphatic carbocycles. The summed E-state index contributed by atoms with van der Waals surface area (Å²) in [5, 5.41) is 12.5. The minimum atomic E-state index is -0.135. The Labute approximate surface area is 100 Å². The second-order valence-electron chi connectivity index (χ2n) is 3.15. The van der Waals surface area contributed by atoms with E-state index >= 15 is 0 Å². The smallest absolute Gasteiger partial charge is 0.275 e. The minimum absolute atomic E-state index is 0.135. The standard InChI is InChI=1S/C9H11N3O2S2/c13-2-1-3-15-5-7-4-8(14)12-9(11-7)16-6-10-12/h4,6,13H,1-3,5H2. The average Bonchev–Trinajstić information content (AvgIpc) is 2.73. The number of aromatic nitrogens is 3. The molecule has 0 radical (unpaired) electrons. The van der Waals surface area contributed by atoms with Gasteiger partial charge in [-0.15, -0.1) is 0 Å². The third kappa shape index (κ3) is 2.60. The summed E-state index contributed by atoms with van der Waals surface area (Å²) >= 11 is 3.02. The van der Waals surface area contributed by atoms with E-state index in [1.807, 2.05) is 0 Å². The molecule has 86 valence electrons. The van der Waals surface area contributed by atoms with Gasteiger partial charge in [0.25, 0.3) is 5.56 Å². The number of hydrogen-bond donors (Lipinski definition) is 1. The molecule has 0 spiro atoms. The van der Waals surface area contributed by atoms with E-state index in [1.54, 1.807) is 17.3 Å². The fourth-order valence-corrected chi connectivity index (χ4v) is 2.70. The van der Waals surface area contributed by atoms with Gasteiger partial charge in [-0.25, -0.2) is 4.98 Å². The van der Waals surface area contributed by atoms with Crippen LogP contribution in [-0.2, 0) is 5.75 Å². The molecule has 16 heavy (non-hydrogen) atoms. The van der Waals surface area contributed by atoms with Crippen LogP contribution in [0.1, 0.15) is 12.1 Å². The van der Waals surface area contributed by atoms with Gasteiger partial charge in [0.05, 0.1) is 5.69 Å². The van der Waals surface area contributed by atoms with Gasteiger partial charge in [-0.05, 0) is 12.2 Å². The third-order valence-corrected chi connectivity index (χ3v) is 3.69. The van der Waals surface area contributed by atoms with E-state index in [4.69, 9.17) is 5.11 Å². The van der Waals surface area contributed by atoms with Crippen LogP contribution in [0.15, 0.2) is 16.4 Å². The zero-order valence-electron chi connectivity index (χ0n) is 8.50. The Morgan fingerprint density at radius 1 is 1.56 bits per heavy atom. The van der Waals surface area contributed by atoms with Crippen molar-refractivity contribution in [3.05, 3.63) is 27.6 Å². The molecule has 0 saturated carbocycles. The first-order valence-corrected chi connectivity index (χ1v) is 6.86. The molecule has 5 nitrogen and oxygen atoms in total. The van der Waals surface area contributed by atoms with Crippen LogP contribution in [0.2, 0.25) is 0 Å². The number of fused-ring (bicyclic) bond motifs is 1. The molecule has 0 amide bonds. The Bertz CT molecular complexity index is 523. The number of nitrogens with zero attached hydrogens (tertiary/aromatic N) is 3. The van der Waals surface area contributed by atoms with Crippen LogP contribution >= 0.6 is 23.1 Å². The highest BCUT2D eigenvalue weighted by Gasteiger charge is 2.04. The first-order chi connectivity index (χ1) is 7.81. The average molecular weight is 257 g/mol. The van der Waals surface area contributed by atoms with Crippen LogP contribution in [-0.4, -0.2) is 32.1 Å². The van der Waals surface area contributed by atoms with E-state index in [9.17, 15) is 4.79 Å². The monoisotopic (exact) mass is 257 g/mol. The Morgan fingerprint density at radius 3 is 3.25 bits per heavy atom.